The van der Waals surface area contributed by atoms with Gasteiger partial charge >= 0.3 is 0 Å². The maximum atomic E-state index is 9.64. The number of oxime groups is 1. The Balaban J connectivity index is 2.25. The van der Waals surface area contributed by atoms with Gasteiger partial charge < -0.3 is 20.4 Å². The lowest BCUT2D eigenvalue weighted by molar-refractivity contribution is 0.0378. The van der Waals surface area contributed by atoms with E-state index in [1.54, 1.807) is 0 Å². The fraction of sp³-hybridized carbons (Fsp3) is 0.923. The Labute approximate surface area is 109 Å². The minimum absolute atomic E-state index is 0.139. The van der Waals surface area contributed by atoms with E-state index in [4.69, 9.17) is 4.84 Å². The van der Waals surface area contributed by atoms with Crippen LogP contribution in [0.1, 0.15) is 39.5 Å². The van der Waals surface area contributed by atoms with Gasteiger partial charge in [0, 0.05) is 18.5 Å². The predicted molar refractivity (Wildman–Crippen MR) is 71.6 cm³/mol. The van der Waals surface area contributed by atoms with E-state index in [1.807, 2.05) is 13.8 Å². The number of nitrogens with one attached hydrogen (secondary N) is 1. The molecule has 1 aliphatic rings. The summed E-state index contributed by atoms with van der Waals surface area (Å²) >= 11 is 0. The fourth-order valence-corrected chi connectivity index (χ4v) is 2.02. The van der Waals surface area contributed by atoms with Crippen LogP contribution in [0.5, 0.6) is 0 Å². The number of nitrogens with zero attached hydrogens (tertiary/aromatic N) is 1. The molecule has 0 aliphatic heterocycles. The van der Waals surface area contributed by atoms with Crippen molar-refractivity contribution >= 4 is 5.71 Å². The number of hydrogen-bond donors (Lipinski definition) is 3. The molecule has 0 saturated heterocycles. The standard InChI is InChI=1S/C13H26N2O3/c1-10(2)14-7-12(17)9-18-15-13-6-4-3-5-11(13)8-16/h10-12,14,16-17H,3-9H2,1-2H3/b15-13-. The van der Waals surface area contributed by atoms with Gasteiger partial charge in [0.05, 0.1) is 12.3 Å². The van der Waals surface area contributed by atoms with Crippen LogP contribution >= 0.6 is 0 Å². The Morgan fingerprint density at radius 1 is 1.44 bits per heavy atom. The van der Waals surface area contributed by atoms with E-state index in [0.29, 0.717) is 12.6 Å². The zero-order valence-corrected chi connectivity index (χ0v) is 11.4. The van der Waals surface area contributed by atoms with Crippen LogP contribution in [0.4, 0.5) is 0 Å². The second-order valence-electron chi connectivity index (χ2n) is 5.22. The van der Waals surface area contributed by atoms with Crippen LogP contribution in [0.2, 0.25) is 0 Å². The Hall–Kier alpha value is -0.650. The molecule has 0 aromatic carbocycles. The van der Waals surface area contributed by atoms with Gasteiger partial charge in [-0.2, -0.15) is 0 Å². The summed E-state index contributed by atoms with van der Waals surface area (Å²) in [5.41, 5.74) is 0.938. The largest absolute Gasteiger partial charge is 0.396 e. The molecule has 5 heteroatoms. The molecule has 5 nitrogen and oxygen atoms in total. The molecular weight excluding hydrogens is 232 g/mol. The third-order valence-electron chi connectivity index (χ3n) is 3.14. The molecule has 0 bridgehead atoms. The molecule has 1 rings (SSSR count). The molecule has 18 heavy (non-hydrogen) atoms. The highest BCUT2D eigenvalue weighted by Gasteiger charge is 2.20. The van der Waals surface area contributed by atoms with Crippen molar-refractivity contribution in [2.24, 2.45) is 11.1 Å². The van der Waals surface area contributed by atoms with E-state index in [0.717, 1.165) is 31.4 Å². The minimum atomic E-state index is -0.548. The average Bonchev–Trinajstić information content (AvgIpc) is 2.37. The minimum Gasteiger partial charge on any atom is -0.396 e. The van der Waals surface area contributed by atoms with Gasteiger partial charge in [-0.3, -0.25) is 0 Å². The van der Waals surface area contributed by atoms with Crippen molar-refractivity contribution in [3.05, 3.63) is 0 Å². The van der Waals surface area contributed by atoms with Crippen LogP contribution in [-0.4, -0.2) is 47.8 Å². The van der Waals surface area contributed by atoms with Crippen molar-refractivity contribution in [2.45, 2.75) is 51.7 Å². The Morgan fingerprint density at radius 2 is 2.22 bits per heavy atom. The highest BCUT2D eigenvalue weighted by atomic mass is 16.6. The molecule has 0 amide bonds. The van der Waals surface area contributed by atoms with Crippen molar-refractivity contribution in [1.82, 2.24) is 5.32 Å². The summed E-state index contributed by atoms with van der Waals surface area (Å²) in [7, 11) is 0. The molecule has 1 saturated carbocycles. The summed E-state index contributed by atoms with van der Waals surface area (Å²) in [5, 5.41) is 26.1. The number of aliphatic hydroxyl groups excluding tert-OH is 2. The summed E-state index contributed by atoms with van der Waals surface area (Å²) in [6, 6.07) is 0.350. The van der Waals surface area contributed by atoms with Gasteiger partial charge in [0.1, 0.15) is 12.7 Å². The first-order valence-electron chi connectivity index (χ1n) is 6.84. The highest BCUT2D eigenvalue weighted by molar-refractivity contribution is 5.87. The maximum absolute atomic E-state index is 9.64. The van der Waals surface area contributed by atoms with Crippen molar-refractivity contribution in [1.29, 1.82) is 0 Å². The topological polar surface area (TPSA) is 74.1 Å². The van der Waals surface area contributed by atoms with Crippen LogP contribution in [0, 0.1) is 5.92 Å². The quantitative estimate of drug-likeness (QED) is 0.593. The molecule has 2 atom stereocenters. The van der Waals surface area contributed by atoms with Gasteiger partial charge in [-0.15, -0.1) is 0 Å². The lowest BCUT2D eigenvalue weighted by atomic mass is 9.88. The summed E-state index contributed by atoms with van der Waals surface area (Å²) < 4.78 is 0. The van der Waals surface area contributed by atoms with Gasteiger partial charge in [-0.1, -0.05) is 25.4 Å². The molecule has 2 unspecified atom stereocenters. The maximum Gasteiger partial charge on any atom is 0.144 e. The van der Waals surface area contributed by atoms with Crippen LogP contribution in [0.25, 0.3) is 0 Å². The summed E-state index contributed by atoms with van der Waals surface area (Å²) in [5.74, 6) is 0.143. The number of rotatable bonds is 7. The van der Waals surface area contributed by atoms with E-state index < -0.39 is 6.10 Å². The summed E-state index contributed by atoms with van der Waals surface area (Å²) in [4.78, 5) is 5.19. The number of aliphatic hydroxyl groups is 2. The fourth-order valence-electron chi connectivity index (χ4n) is 2.02. The Bertz CT molecular complexity index is 257. The molecule has 1 aliphatic carbocycles. The van der Waals surface area contributed by atoms with Crippen LogP contribution < -0.4 is 5.32 Å². The monoisotopic (exact) mass is 258 g/mol. The molecule has 0 spiro atoms. The normalized spacial score (nSPS) is 24.5. The molecule has 106 valence electrons. The SMILES string of the molecule is CC(C)NCC(O)CO/N=C1/CCCCC1CO. The smallest absolute Gasteiger partial charge is 0.144 e. The average molecular weight is 258 g/mol. The second-order valence-corrected chi connectivity index (χ2v) is 5.22. The zero-order valence-electron chi connectivity index (χ0n) is 11.4. The van der Waals surface area contributed by atoms with E-state index in [1.165, 1.54) is 0 Å². The lowest BCUT2D eigenvalue weighted by Gasteiger charge is -2.21. The Kier molecular flexibility index (Phi) is 7.23. The molecule has 0 aromatic heterocycles. The molecule has 3 N–H and O–H groups in total. The first-order valence-corrected chi connectivity index (χ1v) is 6.84. The molecule has 1 fully saturated rings. The van der Waals surface area contributed by atoms with Crippen LogP contribution in [-0.2, 0) is 4.84 Å². The Morgan fingerprint density at radius 3 is 2.89 bits per heavy atom. The third kappa shape index (κ3) is 5.80. The third-order valence-corrected chi connectivity index (χ3v) is 3.14. The predicted octanol–water partition coefficient (Wildman–Crippen LogP) is 0.900. The van der Waals surface area contributed by atoms with E-state index >= 15 is 0 Å². The second kappa shape index (κ2) is 8.45. The highest BCUT2D eigenvalue weighted by Crippen LogP contribution is 2.21. The van der Waals surface area contributed by atoms with E-state index in [2.05, 4.69) is 10.5 Å². The summed E-state index contributed by atoms with van der Waals surface area (Å²) in [6.45, 7) is 4.90. The molecule has 0 radical (unpaired) electrons. The van der Waals surface area contributed by atoms with Crippen molar-refractivity contribution < 1.29 is 15.1 Å². The van der Waals surface area contributed by atoms with E-state index in [-0.39, 0.29) is 19.1 Å². The molecule has 0 aromatic rings. The van der Waals surface area contributed by atoms with Crippen LogP contribution in [0.15, 0.2) is 5.16 Å². The number of hydrogen-bond acceptors (Lipinski definition) is 5. The van der Waals surface area contributed by atoms with Gasteiger partial charge in [0.2, 0.25) is 0 Å². The van der Waals surface area contributed by atoms with Crippen molar-refractivity contribution in [2.75, 3.05) is 19.8 Å². The van der Waals surface area contributed by atoms with E-state index in [9.17, 15) is 10.2 Å². The van der Waals surface area contributed by atoms with Gasteiger partial charge in [0.15, 0.2) is 0 Å². The zero-order chi connectivity index (χ0) is 13.4. The first-order chi connectivity index (χ1) is 8.63. The van der Waals surface area contributed by atoms with Crippen molar-refractivity contribution in [3.63, 3.8) is 0 Å². The summed E-state index contributed by atoms with van der Waals surface area (Å²) in [6.07, 6.45) is 3.58. The van der Waals surface area contributed by atoms with Crippen molar-refractivity contribution in [3.8, 4) is 0 Å². The van der Waals surface area contributed by atoms with Gasteiger partial charge in [-0.05, 0) is 19.3 Å². The molecular formula is C13H26N2O3. The van der Waals surface area contributed by atoms with Crippen LogP contribution in [0.3, 0.4) is 0 Å². The molecule has 0 heterocycles. The first kappa shape index (κ1) is 15.4. The lowest BCUT2D eigenvalue weighted by Crippen LogP contribution is -2.34. The van der Waals surface area contributed by atoms with Gasteiger partial charge in [-0.25, -0.2) is 0 Å². The van der Waals surface area contributed by atoms with Gasteiger partial charge in [0.25, 0.3) is 0 Å².